The van der Waals surface area contributed by atoms with Crippen molar-refractivity contribution in [2.24, 2.45) is 0 Å². The molecule has 2 heterocycles. The van der Waals surface area contributed by atoms with Gasteiger partial charge in [-0.1, -0.05) is 26.2 Å². The molecule has 3 rings (SSSR count). The average Bonchev–Trinajstić information content (AvgIpc) is 3.23. The molecule has 25 heavy (non-hydrogen) atoms. The molecule has 0 radical (unpaired) electrons. The van der Waals surface area contributed by atoms with Crippen LogP contribution in [0.4, 0.5) is 0 Å². The third-order valence-electron chi connectivity index (χ3n) is 4.87. The number of hydrogen-bond acceptors (Lipinski definition) is 4. The van der Waals surface area contributed by atoms with Crippen LogP contribution in [0.25, 0.3) is 0 Å². The molecular weight excluding hydrogens is 318 g/mol. The first-order valence-corrected chi connectivity index (χ1v) is 9.07. The van der Waals surface area contributed by atoms with Gasteiger partial charge in [-0.25, -0.2) is 4.79 Å². The van der Waals surface area contributed by atoms with Crippen LogP contribution in [0.2, 0.25) is 0 Å². The molecule has 2 aromatic rings. The normalized spacial score (nSPS) is 16.7. The van der Waals surface area contributed by atoms with Gasteiger partial charge in [0.15, 0.2) is 5.78 Å². The number of carbonyl (C=O) groups is 2. The summed E-state index contributed by atoms with van der Waals surface area (Å²) in [6, 6.07) is 3.72. The molecule has 1 atom stereocenters. The first-order valence-electron chi connectivity index (χ1n) is 9.07. The minimum absolute atomic E-state index is 0.0194. The van der Waals surface area contributed by atoms with Gasteiger partial charge in [0.2, 0.25) is 0 Å². The van der Waals surface area contributed by atoms with Crippen molar-refractivity contribution in [1.29, 1.82) is 0 Å². The second kappa shape index (κ2) is 7.72. The van der Waals surface area contributed by atoms with Crippen molar-refractivity contribution in [2.45, 2.75) is 58.3 Å². The van der Waals surface area contributed by atoms with Crippen LogP contribution in [0.3, 0.4) is 0 Å². The fourth-order valence-electron chi connectivity index (χ4n) is 3.53. The summed E-state index contributed by atoms with van der Waals surface area (Å²) in [4.78, 5) is 28.1. The van der Waals surface area contributed by atoms with Crippen molar-refractivity contribution in [3.63, 3.8) is 0 Å². The van der Waals surface area contributed by atoms with Crippen molar-refractivity contribution in [1.82, 2.24) is 4.98 Å². The first-order chi connectivity index (χ1) is 12.1. The van der Waals surface area contributed by atoms with Crippen LogP contribution in [-0.2, 0) is 11.2 Å². The zero-order chi connectivity index (χ0) is 17.8. The summed E-state index contributed by atoms with van der Waals surface area (Å²) in [5.74, 6) is 0.515. The van der Waals surface area contributed by atoms with Gasteiger partial charge in [0, 0.05) is 23.6 Å². The molecular formula is C20H25NO4. The van der Waals surface area contributed by atoms with Crippen molar-refractivity contribution < 1.29 is 18.7 Å². The molecule has 0 saturated heterocycles. The van der Waals surface area contributed by atoms with Gasteiger partial charge in [0.05, 0.1) is 12.9 Å². The quantitative estimate of drug-likeness (QED) is 0.590. The predicted molar refractivity (Wildman–Crippen MR) is 94.1 cm³/mol. The minimum atomic E-state index is -0.370. The van der Waals surface area contributed by atoms with Gasteiger partial charge < -0.3 is 14.1 Å². The van der Waals surface area contributed by atoms with Gasteiger partial charge >= 0.3 is 5.97 Å². The van der Waals surface area contributed by atoms with Gasteiger partial charge in [-0.2, -0.15) is 0 Å². The number of fused-ring (bicyclic) bond motifs is 1. The lowest BCUT2D eigenvalue weighted by atomic mass is 9.84. The van der Waals surface area contributed by atoms with Crippen molar-refractivity contribution >= 4 is 11.8 Å². The lowest BCUT2D eigenvalue weighted by Gasteiger charge is -2.19. The van der Waals surface area contributed by atoms with E-state index in [1.54, 1.807) is 6.26 Å². The second-order valence-electron chi connectivity index (χ2n) is 6.72. The monoisotopic (exact) mass is 343 g/mol. The molecule has 0 fully saturated rings. The Bertz CT molecular complexity index is 742. The van der Waals surface area contributed by atoms with E-state index in [9.17, 15) is 9.59 Å². The number of aromatic amines is 1. The third-order valence-corrected chi connectivity index (χ3v) is 4.87. The van der Waals surface area contributed by atoms with E-state index in [0.29, 0.717) is 36.3 Å². The zero-order valence-corrected chi connectivity index (χ0v) is 14.9. The molecule has 0 spiro atoms. The van der Waals surface area contributed by atoms with Crippen LogP contribution in [-0.4, -0.2) is 23.3 Å². The molecule has 1 unspecified atom stereocenters. The van der Waals surface area contributed by atoms with Crippen LogP contribution >= 0.6 is 0 Å². The van der Waals surface area contributed by atoms with E-state index in [0.717, 1.165) is 37.1 Å². The van der Waals surface area contributed by atoms with E-state index in [1.807, 2.05) is 19.1 Å². The Balaban J connectivity index is 1.71. The van der Waals surface area contributed by atoms with E-state index < -0.39 is 0 Å². The summed E-state index contributed by atoms with van der Waals surface area (Å²) in [5, 5.41) is 0. The number of nitrogens with one attached hydrogen (secondary N) is 1. The fraction of sp³-hybridized carbons (Fsp3) is 0.500. The summed E-state index contributed by atoms with van der Waals surface area (Å²) in [6.45, 7) is 4.38. The Labute approximate surface area is 147 Å². The molecule has 0 aliphatic heterocycles. The number of carbonyl (C=O) groups excluding carboxylic acids is 2. The Morgan fingerprint density at radius 2 is 2.16 bits per heavy atom. The number of rotatable bonds is 7. The number of aromatic nitrogens is 1. The Kier molecular flexibility index (Phi) is 5.41. The van der Waals surface area contributed by atoms with Crippen LogP contribution in [0.15, 0.2) is 22.8 Å². The molecule has 2 aromatic heterocycles. The van der Waals surface area contributed by atoms with E-state index in [-0.39, 0.29) is 17.7 Å². The lowest BCUT2D eigenvalue weighted by Crippen LogP contribution is -2.18. The van der Waals surface area contributed by atoms with Crippen molar-refractivity contribution in [2.75, 3.05) is 6.61 Å². The zero-order valence-electron chi connectivity index (χ0n) is 14.9. The number of H-pyrrole nitrogens is 1. The maximum Gasteiger partial charge on any atom is 0.355 e. The lowest BCUT2D eigenvalue weighted by molar-refractivity contribution is 0.0490. The van der Waals surface area contributed by atoms with Gasteiger partial charge in [-0.3, -0.25) is 4.79 Å². The van der Waals surface area contributed by atoms with E-state index >= 15 is 0 Å². The third kappa shape index (κ3) is 3.70. The highest BCUT2D eigenvalue weighted by Crippen LogP contribution is 2.35. The van der Waals surface area contributed by atoms with Crippen LogP contribution in [0.5, 0.6) is 0 Å². The Morgan fingerprint density at radius 1 is 1.32 bits per heavy atom. The second-order valence-corrected chi connectivity index (χ2v) is 6.72. The van der Waals surface area contributed by atoms with Gasteiger partial charge in [-0.15, -0.1) is 0 Å². The van der Waals surface area contributed by atoms with E-state index in [2.05, 4.69) is 11.9 Å². The Hall–Kier alpha value is -2.30. The van der Waals surface area contributed by atoms with Crippen LogP contribution < -0.4 is 0 Å². The molecule has 0 bridgehead atoms. The largest absolute Gasteiger partial charge is 0.469 e. The molecule has 0 amide bonds. The highest BCUT2D eigenvalue weighted by molar-refractivity contribution is 6.03. The number of unbranched alkanes of at least 4 members (excludes halogenated alkanes) is 3. The standard InChI is InChI=1S/C20H25NO4/c1-3-4-5-6-9-25-20(23)19-13(2)18-15(21-19)11-14(12-16(18)22)17-8-7-10-24-17/h7-8,10,14,21H,3-6,9,11-12H2,1-2H3. The van der Waals surface area contributed by atoms with Gasteiger partial charge in [0.1, 0.15) is 11.5 Å². The Morgan fingerprint density at radius 3 is 2.88 bits per heavy atom. The maximum absolute atomic E-state index is 12.6. The van der Waals surface area contributed by atoms with Gasteiger partial charge in [0.25, 0.3) is 0 Å². The topological polar surface area (TPSA) is 72.3 Å². The summed E-state index contributed by atoms with van der Waals surface area (Å²) < 4.78 is 10.8. The molecule has 1 aliphatic carbocycles. The summed E-state index contributed by atoms with van der Waals surface area (Å²) >= 11 is 0. The molecule has 0 saturated carbocycles. The van der Waals surface area contributed by atoms with Crippen LogP contribution in [0.1, 0.15) is 82.8 Å². The summed E-state index contributed by atoms with van der Waals surface area (Å²) in [7, 11) is 0. The van der Waals surface area contributed by atoms with Crippen LogP contribution in [0, 0.1) is 6.92 Å². The highest BCUT2D eigenvalue weighted by atomic mass is 16.5. The molecule has 5 nitrogen and oxygen atoms in total. The molecule has 0 aromatic carbocycles. The predicted octanol–water partition coefficient (Wildman–Crippen LogP) is 4.57. The number of hydrogen-bond donors (Lipinski definition) is 1. The molecule has 5 heteroatoms. The van der Waals surface area contributed by atoms with E-state index in [1.165, 1.54) is 0 Å². The molecule has 1 aliphatic rings. The summed E-state index contributed by atoms with van der Waals surface area (Å²) in [6.07, 6.45) is 6.93. The molecule has 134 valence electrons. The maximum atomic E-state index is 12.6. The first kappa shape index (κ1) is 17.5. The number of Topliss-reactive ketones (excluding diaryl/α,β-unsaturated/α-hetero) is 1. The fourth-order valence-corrected chi connectivity index (χ4v) is 3.53. The molecule has 1 N–H and O–H groups in total. The number of ketones is 1. The van der Waals surface area contributed by atoms with Crippen molar-refractivity contribution in [3.8, 4) is 0 Å². The minimum Gasteiger partial charge on any atom is -0.469 e. The highest BCUT2D eigenvalue weighted by Gasteiger charge is 2.33. The number of furan rings is 1. The smallest absolute Gasteiger partial charge is 0.355 e. The number of esters is 1. The SMILES string of the molecule is CCCCCCOC(=O)c1[nH]c2c(c1C)C(=O)CC(c1ccco1)C2. The van der Waals surface area contributed by atoms with Crippen molar-refractivity contribution in [3.05, 3.63) is 46.7 Å². The number of ether oxygens (including phenoxy) is 1. The van der Waals surface area contributed by atoms with E-state index in [4.69, 9.17) is 9.15 Å². The summed E-state index contributed by atoms with van der Waals surface area (Å²) in [5.41, 5.74) is 2.58. The average molecular weight is 343 g/mol. The van der Waals surface area contributed by atoms with Gasteiger partial charge in [-0.05, 0) is 37.5 Å².